The highest BCUT2D eigenvalue weighted by molar-refractivity contribution is 5.93. The van der Waals surface area contributed by atoms with Crippen LogP contribution in [0.1, 0.15) is 43.5 Å². The molecule has 1 aromatic carbocycles. The van der Waals surface area contributed by atoms with E-state index in [2.05, 4.69) is 19.2 Å². The van der Waals surface area contributed by atoms with Crippen molar-refractivity contribution in [2.45, 2.75) is 39.2 Å². The van der Waals surface area contributed by atoms with Gasteiger partial charge in [-0.3, -0.25) is 10.1 Å². The second-order valence-electron chi connectivity index (χ2n) is 5.81. The van der Waals surface area contributed by atoms with Crippen molar-refractivity contribution in [1.82, 2.24) is 0 Å². The summed E-state index contributed by atoms with van der Waals surface area (Å²) in [6.07, 6.45) is 3.37. The zero-order chi connectivity index (χ0) is 15.6. The standard InChI is InChI=1S/C15H20N2O4/c1-9-4-3-5-13(10(9)2)16-11-6-7-12(15(18)19)14(8-11)17(20)21/h6-10,13,16H,3-5H2,1-2H3,(H,18,19). The molecule has 3 unspecified atom stereocenters. The number of benzene rings is 1. The molecule has 0 radical (unpaired) electrons. The number of hydrogen-bond donors (Lipinski definition) is 2. The van der Waals surface area contributed by atoms with Gasteiger partial charge in [-0.2, -0.15) is 0 Å². The number of anilines is 1. The molecule has 0 spiro atoms. The van der Waals surface area contributed by atoms with Crippen LogP contribution in [0.25, 0.3) is 0 Å². The average molecular weight is 292 g/mol. The van der Waals surface area contributed by atoms with Gasteiger partial charge < -0.3 is 10.4 Å². The Labute approximate surface area is 123 Å². The molecule has 0 saturated heterocycles. The van der Waals surface area contributed by atoms with Gasteiger partial charge in [-0.25, -0.2) is 4.79 Å². The molecular formula is C15H20N2O4. The largest absolute Gasteiger partial charge is 0.477 e. The van der Waals surface area contributed by atoms with E-state index in [9.17, 15) is 14.9 Å². The van der Waals surface area contributed by atoms with Crippen LogP contribution in [0.3, 0.4) is 0 Å². The number of carboxylic acids is 1. The topological polar surface area (TPSA) is 92.5 Å². The highest BCUT2D eigenvalue weighted by Gasteiger charge is 2.28. The summed E-state index contributed by atoms with van der Waals surface area (Å²) in [6.45, 7) is 4.40. The molecule has 1 fully saturated rings. The number of carbonyl (C=O) groups is 1. The van der Waals surface area contributed by atoms with Crippen molar-refractivity contribution in [3.63, 3.8) is 0 Å². The number of nitrogens with one attached hydrogen (secondary N) is 1. The Kier molecular flexibility index (Phi) is 4.45. The lowest BCUT2D eigenvalue weighted by atomic mass is 9.78. The van der Waals surface area contributed by atoms with Crippen molar-refractivity contribution >= 4 is 17.3 Å². The molecule has 1 aliphatic rings. The van der Waals surface area contributed by atoms with E-state index in [0.717, 1.165) is 12.8 Å². The summed E-state index contributed by atoms with van der Waals surface area (Å²) in [5.41, 5.74) is -0.0442. The Balaban J connectivity index is 2.23. The monoisotopic (exact) mass is 292 g/mol. The third-order valence-electron chi connectivity index (χ3n) is 4.48. The van der Waals surface area contributed by atoms with Crippen molar-refractivity contribution in [3.8, 4) is 0 Å². The van der Waals surface area contributed by atoms with Crippen LogP contribution < -0.4 is 5.32 Å². The summed E-state index contributed by atoms with van der Waals surface area (Å²) >= 11 is 0. The fourth-order valence-electron chi connectivity index (χ4n) is 2.95. The number of rotatable bonds is 4. The van der Waals surface area contributed by atoms with Crippen LogP contribution in [0.4, 0.5) is 11.4 Å². The lowest BCUT2D eigenvalue weighted by Crippen LogP contribution is -2.35. The molecule has 21 heavy (non-hydrogen) atoms. The normalized spacial score (nSPS) is 25.3. The van der Waals surface area contributed by atoms with Crippen LogP contribution in [0, 0.1) is 22.0 Å². The summed E-state index contributed by atoms with van der Waals surface area (Å²) in [4.78, 5) is 21.3. The predicted molar refractivity (Wildman–Crippen MR) is 79.6 cm³/mol. The number of carboxylic acid groups (broad SMARTS) is 1. The summed E-state index contributed by atoms with van der Waals surface area (Å²) in [7, 11) is 0. The Morgan fingerprint density at radius 2 is 2.10 bits per heavy atom. The Hall–Kier alpha value is -2.11. The van der Waals surface area contributed by atoms with E-state index in [1.807, 2.05) is 0 Å². The SMILES string of the molecule is CC1CCCC(Nc2ccc(C(=O)O)c([N+](=O)[O-])c2)C1C. The van der Waals surface area contributed by atoms with Gasteiger partial charge in [0.15, 0.2) is 0 Å². The first-order valence-corrected chi connectivity index (χ1v) is 7.18. The van der Waals surface area contributed by atoms with Gasteiger partial charge in [-0.1, -0.05) is 26.7 Å². The van der Waals surface area contributed by atoms with Gasteiger partial charge in [0, 0.05) is 17.8 Å². The summed E-state index contributed by atoms with van der Waals surface area (Å²) in [5.74, 6) is -0.186. The first kappa shape index (κ1) is 15.3. The van der Waals surface area contributed by atoms with Crippen LogP contribution in [-0.4, -0.2) is 22.0 Å². The van der Waals surface area contributed by atoms with Gasteiger partial charge in [0.05, 0.1) is 4.92 Å². The fourth-order valence-corrected chi connectivity index (χ4v) is 2.95. The third kappa shape index (κ3) is 3.32. The van der Waals surface area contributed by atoms with Crippen molar-refractivity contribution < 1.29 is 14.8 Å². The number of nitrogens with zero attached hydrogens (tertiary/aromatic N) is 1. The smallest absolute Gasteiger partial charge is 0.342 e. The van der Waals surface area contributed by atoms with Gasteiger partial charge >= 0.3 is 5.97 Å². The maximum atomic E-state index is 11.0. The second-order valence-corrected chi connectivity index (χ2v) is 5.81. The van der Waals surface area contributed by atoms with E-state index in [1.165, 1.54) is 18.6 Å². The molecular weight excluding hydrogens is 272 g/mol. The van der Waals surface area contributed by atoms with Gasteiger partial charge in [-0.05, 0) is 30.4 Å². The van der Waals surface area contributed by atoms with Gasteiger partial charge in [0.1, 0.15) is 5.56 Å². The molecule has 1 aliphatic carbocycles. The lowest BCUT2D eigenvalue weighted by molar-refractivity contribution is -0.385. The van der Waals surface area contributed by atoms with E-state index < -0.39 is 10.9 Å². The molecule has 0 aromatic heterocycles. The minimum atomic E-state index is -1.28. The van der Waals surface area contributed by atoms with Crippen LogP contribution in [0.5, 0.6) is 0 Å². The summed E-state index contributed by atoms with van der Waals surface area (Å²) in [5, 5.41) is 23.3. The molecule has 1 saturated carbocycles. The van der Waals surface area contributed by atoms with Gasteiger partial charge in [-0.15, -0.1) is 0 Å². The number of nitro groups is 1. The number of nitro benzene ring substituents is 1. The van der Waals surface area contributed by atoms with E-state index in [1.54, 1.807) is 6.07 Å². The number of aromatic carboxylic acids is 1. The van der Waals surface area contributed by atoms with Gasteiger partial charge in [0.2, 0.25) is 0 Å². The minimum Gasteiger partial charge on any atom is -0.477 e. The first-order valence-electron chi connectivity index (χ1n) is 7.18. The Bertz CT molecular complexity index is 559. The van der Waals surface area contributed by atoms with Crippen LogP contribution in [0.15, 0.2) is 18.2 Å². The van der Waals surface area contributed by atoms with Crippen LogP contribution in [-0.2, 0) is 0 Å². The van der Waals surface area contributed by atoms with Crippen LogP contribution in [0.2, 0.25) is 0 Å². The third-order valence-corrected chi connectivity index (χ3v) is 4.48. The van der Waals surface area contributed by atoms with Crippen molar-refractivity contribution in [2.24, 2.45) is 11.8 Å². The maximum Gasteiger partial charge on any atom is 0.342 e. The molecule has 3 atom stereocenters. The Morgan fingerprint density at radius 1 is 1.38 bits per heavy atom. The summed E-state index contributed by atoms with van der Waals surface area (Å²) in [6, 6.07) is 4.47. The van der Waals surface area contributed by atoms with Crippen molar-refractivity contribution in [2.75, 3.05) is 5.32 Å². The zero-order valence-electron chi connectivity index (χ0n) is 12.2. The quantitative estimate of drug-likeness (QED) is 0.654. The molecule has 0 bridgehead atoms. The van der Waals surface area contributed by atoms with Gasteiger partial charge in [0.25, 0.3) is 5.69 Å². The molecule has 2 N–H and O–H groups in total. The van der Waals surface area contributed by atoms with E-state index in [-0.39, 0.29) is 17.3 Å². The minimum absolute atomic E-state index is 0.268. The van der Waals surface area contributed by atoms with Crippen molar-refractivity contribution in [1.29, 1.82) is 0 Å². The van der Waals surface area contributed by atoms with E-state index in [4.69, 9.17) is 5.11 Å². The second kappa shape index (κ2) is 6.11. The van der Waals surface area contributed by atoms with E-state index in [0.29, 0.717) is 17.5 Å². The highest BCUT2D eigenvalue weighted by atomic mass is 16.6. The molecule has 0 heterocycles. The average Bonchev–Trinajstić information content (AvgIpc) is 2.43. The van der Waals surface area contributed by atoms with Crippen LogP contribution >= 0.6 is 0 Å². The lowest BCUT2D eigenvalue weighted by Gasteiger charge is -2.35. The molecule has 2 rings (SSSR count). The molecule has 6 nitrogen and oxygen atoms in total. The fraction of sp³-hybridized carbons (Fsp3) is 0.533. The predicted octanol–water partition coefficient (Wildman–Crippen LogP) is 3.53. The van der Waals surface area contributed by atoms with Crippen molar-refractivity contribution in [3.05, 3.63) is 33.9 Å². The molecule has 6 heteroatoms. The first-order chi connectivity index (χ1) is 9.90. The molecule has 114 valence electrons. The summed E-state index contributed by atoms with van der Waals surface area (Å²) < 4.78 is 0. The zero-order valence-corrected chi connectivity index (χ0v) is 12.2. The molecule has 0 amide bonds. The number of hydrogen-bond acceptors (Lipinski definition) is 4. The highest BCUT2D eigenvalue weighted by Crippen LogP contribution is 2.32. The van der Waals surface area contributed by atoms with E-state index >= 15 is 0 Å². The maximum absolute atomic E-state index is 11.0. The Morgan fingerprint density at radius 3 is 2.71 bits per heavy atom. The molecule has 1 aromatic rings. The molecule has 0 aliphatic heterocycles.